The Bertz CT molecular complexity index is 435. The SMILES string of the molecule is COC[C@H]1CN(c2ccc([N+](=O)[O-])cc2)CCN1C. The number of hydrogen-bond acceptors (Lipinski definition) is 5. The lowest BCUT2D eigenvalue weighted by Crippen LogP contribution is -2.53. The molecule has 1 heterocycles. The molecule has 0 bridgehead atoms. The van der Waals surface area contributed by atoms with Crippen molar-refractivity contribution >= 4 is 11.4 Å². The van der Waals surface area contributed by atoms with Gasteiger partial charge in [-0.1, -0.05) is 0 Å². The summed E-state index contributed by atoms with van der Waals surface area (Å²) in [5.41, 5.74) is 1.16. The minimum atomic E-state index is -0.374. The number of nitro groups is 1. The number of rotatable bonds is 4. The van der Waals surface area contributed by atoms with Crippen molar-refractivity contribution in [3.05, 3.63) is 34.4 Å². The fourth-order valence-corrected chi connectivity index (χ4v) is 2.34. The molecule has 0 aromatic heterocycles. The fraction of sp³-hybridized carbons (Fsp3) is 0.538. The Hall–Kier alpha value is -1.66. The molecule has 1 aromatic carbocycles. The average Bonchev–Trinajstić information content (AvgIpc) is 2.41. The van der Waals surface area contributed by atoms with Gasteiger partial charge in [0.2, 0.25) is 0 Å². The van der Waals surface area contributed by atoms with Crippen LogP contribution in [-0.2, 0) is 4.74 Å². The largest absolute Gasteiger partial charge is 0.383 e. The van der Waals surface area contributed by atoms with Crippen LogP contribution in [-0.4, -0.2) is 56.3 Å². The third-order valence-electron chi connectivity index (χ3n) is 3.56. The van der Waals surface area contributed by atoms with Gasteiger partial charge in [0.25, 0.3) is 5.69 Å². The second kappa shape index (κ2) is 5.99. The number of non-ortho nitro benzene ring substituents is 1. The Kier molecular flexibility index (Phi) is 4.34. The number of likely N-dealkylation sites (N-methyl/N-ethyl adjacent to an activating group) is 1. The van der Waals surface area contributed by atoms with Gasteiger partial charge in [0.05, 0.1) is 17.6 Å². The molecular weight excluding hydrogens is 246 g/mol. The maximum absolute atomic E-state index is 10.6. The van der Waals surface area contributed by atoms with Crippen LogP contribution in [0.25, 0.3) is 0 Å². The van der Waals surface area contributed by atoms with Crippen LogP contribution in [0.3, 0.4) is 0 Å². The number of nitrogens with zero attached hydrogens (tertiary/aromatic N) is 3. The van der Waals surface area contributed by atoms with E-state index < -0.39 is 0 Å². The standard InChI is InChI=1S/C13H19N3O3/c1-14-7-8-15(9-13(14)10-19-2)11-3-5-12(6-4-11)16(17)18/h3-6,13H,7-10H2,1-2H3/t13-/m1/s1. The Morgan fingerprint density at radius 3 is 2.63 bits per heavy atom. The van der Waals surface area contributed by atoms with Crippen LogP contribution in [0.5, 0.6) is 0 Å². The fourth-order valence-electron chi connectivity index (χ4n) is 2.34. The van der Waals surface area contributed by atoms with Crippen LogP contribution < -0.4 is 4.90 Å². The quantitative estimate of drug-likeness (QED) is 0.607. The van der Waals surface area contributed by atoms with E-state index in [1.54, 1.807) is 19.2 Å². The summed E-state index contributed by atoms with van der Waals surface area (Å²) in [6, 6.07) is 7.09. The number of methoxy groups -OCH3 is 1. The summed E-state index contributed by atoms with van der Waals surface area (Å²) in [4.78, 5) is 14.8. The molecule has 1 saturated heterocycles. The van der Waals surface area contributed by atoms with Gasteiger partial charge < -0.3 is 9.64 Å². The normalized spacial score (nSPS) is 20.5. The molecule has 1 atom stereocenters. The second-order valence-electron chi connectivity index (χ2n) is 4.81. The molecule has 19 heavy (non-hydrogen) atoms. The molecular formula is C13H19N3O3. The van der Waals surface area contributed by atoms with Gasteiger partial charge in [-0.15, -0.1) is 0 Å². The topological polar surface area (TPSA) is 58.9 Å². The maximum atomic E-state index is 10.6. The third-order valence-corrected chi connectivity index (χ3v) is 3.56. The zero-order valence-electron chi connectivity index (χ0n) is 11.3. The molecule has 0 N–H and O–H groups in total. The van der Waals surface area contributed by atoms with Gasteiger partial charge >= 0.3 is 0 Å². The second-order valence-corrected chi connectivity index (χ2v) is 4.81. The first kappa shape index (κ1) is 13.8. The minimum Gasteiger partial charge on any atom is -0.383 e. The van der Waals surface area contributed by atoms with Crippen LogP contribution >= 0.6 is 0 Å². The van der Waals surface area contributed by atoms with Crippen molar-refractivity contribution in [1.82, 2.24) is 4.90 Å². The zero-order valence-corrected chi connectivity index (χ0v) is 11.3. The van der Waals surface area contributed by atoms with Gasteiger partial charge in [-0.3, -0.25) is 15.0 Å². The van der Waals surface area contributed by atoms with E-state index in [1.807, 2.05) is 12.1 Å². The van der Waals surface area contributed by atoms with Gasteiger partial charge in [-0.05, 0) is 19.2 Å². The summed E-state index contributed by atoms with van der Waals surface area (Å²) >= 11 is 0. The number of anilines is 1. The molecule has 2 rings (SSSR count). The van der Waals surface area contributed by atoms with Crippen molar-refractivity contribution in [3.8, 4) is 0 Å². The molecule has 0 aliphatic carbocycles. The summed E-state index contributed by atoms with van der Waals surface area (Å²) in [7, 11) is 3.80. The lowest BCUT2D eigenvalue weighted by atomic mass is 10.1. The Morgan fingerprint density at radius 2 is 2.05 bits per heavy atom. The lowest BCUT2D eigenvalue weighted by Gasteiger charge is -2.40. The molecule has 0 unspecified atom stereocenters. The highest BCUT2D eigenvalue weighted by Gasteiger charge is 2.24. The van der Waals surface area contributed by atoms with Crippen LogP contribution in [0.2, 0.25) is 0 Å². The third kappa shape index (κ3) is 3.21. The van der Waals surface area contributed by atoms with Crippen molar-refractivity contribution in [2.45, 2.75) is 6.04 Å². The van der Waals surface area contributed by atoms with Crippen LogP contribution in [0.1, 0.15) is 0 Å². The Balaban J connectivity index is 2.07. The number of ether oxygens (including phenoxy) is 1. The van der Waals surface area contributed by atoms with Crippen molar-refractivity contribution in [2.75, 3.05) is 45.3 Å². The number of piperazine rings is 1. The van der Waals surface area contributed by atoms with Crippen molar-refractivity contribution in [2.24, 2.45) is 0 Å². The van der Waals surface area contributed by atoms with Crippen molar-refractivity contribution < 1.29 is 9.66 Å². The van der Waals surface area contributed by atoms with Gasteiger partial charge in [-0.2, -0.15) is 0 Å². The van der Waals surface area contributed by atoms with Crippen LogP contribution in [0.15, 0.2) is 24.3 Å². The molecule has 1 aliphatic rings. The van der Waals surface area contributed by atoms with Gasteiger partial charge in [0.1, 0.15) is 0 Å². The zero-order chi connectivity index (χ0) is 13.8. The van der Waals surface area contributed by atoms with E-state index in [9.17, 15) is 10.1 Å². The van der Waals surface area contributed by atoms with Gasteiger partial charge in [0.15, 0.2) is 0 Å². The summed E-state index contributed by atoms with van der Waals surface area (Å²) in [5.74, 6) is 0. The van der Waals surface area contributed by atoms with Gasteiger partial charge in [0, 0.05) is 44.6 Å². The van der Waals surface area contributed by atoms with E-state index in [0.29, 0.717) is 12.6 Å². The first-order chi connectivity index (χ1) is 9.11. The first-order valence-corrected chi connectivity index (χ1v) is 6.30. The molecule has 6 heteroatoms. The molecule has 0 saturated carbocycles. The van der Waals surface area contributed by atoms with Crippen molar-refractivity contribution in [3.63, 3.8) is 0 Å². The molecule has 0 spiro atoms. The van der Waals surface area contributed by atoms with Crippen LogP contribution in [0, 0.1) is 10.1 Å². The molecule has 104 valence electrons. The van der Waals surface area contributed by atoms with E-state index in [1.165, 1.54) is 0 Å². The molecule has 6 nitrogen and oxygen atoms in total. The summed E-state index contributed by atoms with van der Waals surface area (Å²) in [6.07, 6.45) is 0. The smallest absolute Gasteiger partial charge is 0.269 e. The summed E-state index contributed by atoms with van der Waals surface area (Å²) < 4.78 is 5.23. The highest BCUT2D eigenvalue weighted by atomic mass is 16.6. The average molecular weight is 265 g/mol. The van der Waals surface area contributed by atoms with E-state index >= 15 is 0 Å². The Labute approximate surface area is 112 Å². The highest BCUT2D eigenvalue weighted by Crippen LogP contribution is 2.21. The number of nitro benzene ring substituents is 1. The lowest BCUT2D eigenvalue weighted by molar-refractivity contribution is -0.384. The highest BCUT2D eigenvalue weighted by molar-refractivity contribution is 5.51. The monoisotopic (exact) mass is 265 g/mol. The minimum absolute atomic E-state index is 0.131. The summed E-state index contributed by atoms with van der Waals surface area (Å²) in [5, 5.41) is 10.6. The van der Waals surface area contributed by atoms with Crippen molar-refractivity contribution in [1.29, 1.82) is 0 Å². The predicted molar refractivity (Wildman–Crippen MR) is 73.6 cm³/mol. The van der Waals surface area contributed by atoms with E-state index in [4.69, 9.17) is 4.74 Å². The molecule has 1 fully saturated rings. The molecule has 0 amide bonds. The molecule has 0 radical (unpaired) electrons. The van der Waals surface area contributed by atoms with Crippen LogP contribution in [0.4, 0.5) is 11.4 Å². The van der Waals surface area contributed by atoms with E-state index in [0.717, 1.165) is 25.3 Å². The predicted octanol–water partition coefficient (Wildman–Crippen LogP) is 1.36. The molecule has 1 aromatic rings. The van der Waals surface area contributed by atoms with E-state index in [2.05, 4.69) is 16.8 Å². The number of benzene rings is 1. The summed E-state index contributed by atoms with van der Waals surface area (Å²) in [6.45, 7) is 3.46. The number of hydrogen-bond donors (Lipinski definition) is 0. The Morgan fingerprint density at radius 1 is 1.37 bits per heavy atom. The first-order valence-electron chi connectivity index (χ1n) is 6.30. The van der Waals surface area contributed by atoms with Gasteiger partial charge in [-0.25, -0.2) is 0 Å². The maximum Gasteiger partial charge on any atom is 0.269 e. The molecule has 1 aliphatic heterocycles. The van der Waals surface area contributed by atoms with E-state index in [-0.39, 0.29) is 10.6 Å².